The summed E-state index contributed by atoms with van der Waals surface area (Å²) in [6.45, 7) is 0. The predicted octanol–water partition coefficient (Wildman–Crippen LogP) is 16.5. The van der Waals surface area contributed by atoms with E-state index < -0.39 is 0 Å². The van der Waals surface area contributed by atoms with Crippen molar-refractivity contribution in [1.29, 1.82) is 0 Å². The lowest BCUT2D eigenvalue weighted by atomic mass is 10.0. The number of hydrogen-bond acceptors (Lipinski definition) is 4. The van der Waals surface area contributed by atoms with Gasteiger partial charge in [-0.15, -0.1) is 0 Å². The number of anilines is 6. The molecule has 0 unspecified atom stereocenters. The Bertz CT molecular complexity index is 3060. The number of furan rings is 2. The summed E-state index contributed by atoms with van der Waals surface area (Å²) >= 11 is 3.97. The number of para-hydroxylation sites is 2. The molecule has 0 aliphatic carbocycles. The molecule has 9 aromatic carbocycles. The predicted molar refractivity (Wildman–Crippen MR) is 249 cm³/mol. The summed E-state index contributed by atoms with van der Waals surface area (Å²) in [5, 5.41) is 4.32. The van der Waals surface area contributed by atoms with Crippen LogP contribution < -0.4 is 9.80 Å². The maximum absolute atomic E-state index is 6.28. The lowest BCUT2D eigenvalue weighted by Crippen LogP contribution is -2.13. The van der Waals surface area contributed by atoms with Crippen LogP contribution in [0.1, 0.15) is 0 Å². The highest BCUT2D eigenvalue weighted by Crippen LogP contribution is 2.45. The van der Waals surface area contributed by atoms with Crippen molar-refractivity contribution in [3.05, 3.63) is 217 Å². The second kappa shape index (κ2) is 14.6. The maximum atomic E-state index is 6.28. The van der Waals surface area contributed by atoms with Gasteiger partial charge in [0.05, 0.1) is 0 Å². The van der Waals surface area contributed by atoms with Gasteiger partial charge in [-0.2, -0.15) is 0 Å². The summed E-state index contributed by atoms with van der Waals surface area (Å²) < 4.78 is 13.5. The van der Waals surface area contributed by atoms with E-state index in [0.29, 0.717) is 0 Å². The molecule has 4 nitrogen and oxygen atoms in total. The van der Waals surface area contributed by atoms with Crippen molar-refractivity contribution < 1.29 is 8.83 Å². The molecule has 0 bridgehead atoms. The summed E-state index contributed by atoms with van der Waals surface area (Å²) in [6, 6.07) is 74.7. The molecule has 0 saturated carbocycles. The Labute approximate surface area is 349 Å². The van der Waals surface area contributed by atoms with Gasteiger partial charge in [0, 0.05) is 60.1 Å². The molecule has 0 radical (unpaired) electrons. The van der Waals surface area contributed by atoms with Gasteiger partial charge >= 0.3 is 0 Å². The van der Waals surface area contributed by atoms with Crippen molar-refractivity contribution in [2.45, 2.75) is 0 Å². The van der Waals surface area contributed by atoms with Gasteiger partial charge in [0.1, 0.15) is 22.3 Å². The number of hydrogen-bond donors (Lipinski definition) is 0. The van der Waals surface area contributed by atoms with E-state index >= 15 is 0 Å². The van der Waals surface area contributed by atoms with E-state index in [4.69, 9.17) is 8.83 Å². The first kappa shape index (κ1) is 34.9. The minimum Gasteiger partial charge on any atom is -0.456 e. The fraction of sp³-hybridized carbons (Fsp3) is 0. The van der Waals surface area contributed by atoms with E-state index in [1.54, 1.807) is 0 Å². The van der Waals surface area contributed by atoms with Gasteiger partial charge in [0.25, 0.3) is 0 Å². The van der Waals surface area contributed by atoms with E-state index in [0.717, 1.165) is 93.6 Å². The summed E-state index contributed by atoms with van der Waals surface area (Å²) in [5.41, 5.74) is 14.2. The Morgan fingerprint density at radius 1 is 0.271 bits per heavy atom. The van der Waals surface area contributed by atoms with Gasteiger partial charge in [-0.3, -0.25) is 0 Å². The highest BCUT2D eigenvalue weighted by atomic mass is 79.9. The molecule has 0 N–H and O–H groups in total. The molecule has 0 aliphatic rings. The lowest BCUT2D eigenvalue weighted by Gasteiger charge is -2.30. The largest absolute Gasteiger partial charge is 0.456 e. The molecule has 5 heteroatoms. The average Bonchev–Trinajstić information content (AvgIpc) is 3.85. The van der Waals surface area contributed by atoms with Crippen LogP contribution in [-0.2, 0) is 0 Å². The smallest absolute Gasteiger partial charge is 0.135 e. The van der Waals surface area contributed by atoms with Crippen molar-refractivity contribution in [1.82, 2.24) is 0 Å². The lowest BCUT2D eigenvalue weighted by molar-refractivity contribution is 0.668. The molecule has 2 heterocycles. The van der Waals surface area contributed by atoms with E-state index in [9.17, 15) is 0 Å². The van der Waals surface area contributed by atoms with E-state index in [-0.39, 0.29) is 0 Å². The molecule has 0 atom stereocenters. The fourth-order valence-corrected chi connectivity index (χ4v) is 8.75. The van der Waals surface area contributed by atoms with Gasteiger partial charge in [-0.25, -0.2) is 0 Å². The molecule has 0 fully saturated rings. The topological polar surface area (TPSA) is 32.8 Å². The second-order valence-corrected chi connectivity index (χ2v) is 15.6. The van der Waals surface area contributed by atoms with E-state index in [1.807, 2.05) is 24.3 Å². The Kier molecular flexibility index (Phi) is 8.60. The molecule has 280 valence electrons. The Hall–Kier alpha value is -7.34. The van der Waals surface area contributed by atoms with Gasteiger partial charge in [0.15, 0.2) is 0 Å². The molecule has 0 amide bonds. The SMILES string of the molecule is Brc1cc(N(c2ccc(-c3ccccc3)cc2)c2ccc3oc4ccccc4c3c2)cc(N(c2ccc(-c3ccccc3)cc2)c2ccc3oc4ccccc4c3c2)c1. The van der Waals surface area contributed by atoms with Gasteiger partial charge in [-0.05, 0) is 113 Å². The third-order valence-corrected chi connectivity index (χ3v) is 11.5. The third kappa shape index (κ3) is 6.42. The molecular weight excluding hydrogens is 789 g/mol. The second-order valence-electron chi connectivity index (χ2n) is 14.7. The number of benzene rings is 9. The van der Waals surface area contributed by atoms with Crippen LogP contribution in [0, 0.1) is 0 Å². The zero-order valence-electron chi connectivity index (χ0n) is 31.8. The fourth-order valence-electron chi connectivity index (χ4n) is 8.29. The molecule has 0 aliphatic heterocycles. The average molecular weight is 824 g/mol. The van der Waals surface area contributed by atoms with Crippen molar-refractivity contribution in [3.8, 4) is 22.3 Å². The van der Waals surface area contributed by atoms with Gasteiger partial charge in [0.2, 0.25) is 0 Å². The number of fused-ring (bicyclic) bond motifs is 6. The monoisotopic (exact) mass is 822 g/mol. The standard InChI is InChI=1S/C54H35BrN2O2/c55-40-31-45(56(41-23-19-38(20-24-41)36-11-3-1-4-12-36)43-27-29-53-49(34-43)47-15-7-9-17-51(47)58-53)33-46(32-40)57(42-25-21-39(22-26-42)37-13-5-2-6-14-37)44-28-30-54-50(35-44)48-16-8-10-18-52(48)59-54/h1-35H. The molecule has 0 spiro atoms. The first-order valence-corrected chi connectivity index (χ1v) is 20.5. The first-order valence-electron chi connectivity index (χ1n) is 19.7. The van der Waals surface area contributed by atoms with Crippen LogP contribution in [0.4, 0.5) is 34.1 Å². The summed E-state index contributed by atoms with van der Waals surface area (Å²) in [7, 11) is 0. The molecule has 11 aromatic rings. The van der Waals surface area contributed by atoms with Crippen LogP contribution in [-0.4, -0.2) is 0 Å². The Balaban J connectivity index is 1.10. The Morgan fingerprint density at radius 2 is 0.627 bits per heavy atom. The minimum absolute atomic E-state index is 0.858. The zero-order chi connectivity index (χ0) is 39.3. The van der Waals surface area contributed by atoms with Crippen LogP contribution in [0.5, 0.6) is 0 Å². The van der Waals surface area contributed by atoms with Crippen molar-refractivity contribution in [3.63, 3.8) is 0 Å². The molecule has 0 saturated heterocycles. The number of nitrogens with zero attached hydrogens (tertiary/aromatic N) is 2. The summed E-state index contributed by atoms with van der Waals surface area (Å²) in [4.78, 5) is 4.65. The normalized spacial score (nSPS) is 11.5. The van der Waals surface area contributed by atoms with E-state index in [1.165, 1.54) is 11.1 Å². The van der Waals surface area contributed by atoms with Crippen LogP contribution >= 0.6 is 15.9 Å². The number of rotatable bonds is 8. The van der Waals surface area contributed by atoms with Gasteiger partial charge < -0.3 is 18.6 Å². The summed E-state index contributed by atoms with van der Waals surface area (Å²) in [5.74, 6) is 0. The first-order chi connectivity index (χ1) is 29.1. The van der Waals surface area contributed by atoms with Crippen molar-refractivity contribution in [2.24, 2.45) is 0 Å². The number of halogens is 1. The van der Waals surface area contributed by atoms with E-state index in [2.05, 4.69) is 214 Å². The summed E-state index contributed by atoms with van der Waals surface area (Å²) in [6.07, 6.45) is 0. The quantitative estimate of drug-likeness (QED) is 0.153. The minimum atomic E-state index is 0.858. The Morgan fingerprint density at radius 3 is 1.07 bits per heavy atom. The highest BCUT2D eigenvalue weighted by Gasteiger charge is 2.21. The van der Waals surface area contributed by atoms with Crippen molar-refractivity contribution >= 4 is 93.9 Å². The van der Waals surface area contributed by atoms with Crippen LogP contribution in [0.15, 0.2) is 226 Å². The maximum Gasteiger partial charge on any atom is 0.135 e. The molecular formula is C54H35BrN2O2. The third-order valence-electron chi connectivity index (χ3n) is 11.1. The van der Waals surface area contributed by atoms with Gasteiger partial charge in [-0.1, -0.05) is 137 Å². The molecule has 59 heavy (non-hydrogen) atoms. The van der Waals surface area contributed by atoms with Crippen LogP contribution in [0.2, 0.25) is 0 Å². The highest BCUT2D eigenvalue weighted by molar-refractivity contribution is 9.10. The van der Waals surface area contributed by atoms with Crippen molar-refractivity contribution in [2.75, 3.05) is 9.80 Å². The zero-order valence-corrected chi connectivity index (χ0v) is 33.4. The molecule has 11 rings (SSSR count). The molecule has 2 aromatic heterocycles. The van der Waals surface area contributed by atoms with Crippen LogP contribution in [0.25, 0.3) is 66.1 Å². The van der Waals surface area contributed by atoms with Crippen LogP contribution in [0.3, 0.4) is 0 Å².